The first-order chi connectivity index (χ1) is 11.4. The zero-order valence-electron chi connectivity index (χ0n) is 13.4. The number of nitrogens with two attached hydrogens (primary N) is 1. The fourth-order valence-electron chi connectivity index (χ4n) is 2.16. The highest BCUT2D eigenvalue weighted by molar-refractivity contribution is 9.10. The molecule has 0 fully saturated rings. The molecule has 0 aliphatic carbocycles. The molecule has 0 saturated heterocycles. The second-order valence-corrected chi connectivity index (χ2v) is 7.33. The molecule has 130 valence electrons. The molecule has 0 amide bonds. The number of hydrogen-bond acceptors (Lipinski definition) is 5. The Balaban J connectivity index is 2.22. The number of sulfonamides is 1. The van der Waals surface area contributed by atoms with E-state index >= 15 is 0 Å². The van der Waals surface area contributed by atoms with Gasteiger partial charge < -0.3 is 14.8 Å². The zero-order chi connectivity index (χ0) is 17.7. The number of hydrogen-bond donors (Lipinski definition) is 2. The standard InChI is InChI=1S/C16H19BrN2O4S/c1-3-23-16-13(14(17)8-9-15(16)22-2)10-19-11-4-6-12(7-5-11)24(18,20)21/h4-9,19H,3,10H2,1-2H3,(H2,18,20,21). The third-order valence-electron chi connectivity index (χ3n) is 3.33. The number of halogens is 1. The first-order valence-electron chi connectivity index (χ1n) is 7.21. The summed E-state index contributed by atoms with van der Waals surface area (Å²) in [7, 11) is -2.10. The molecule has 0 unspecified atom stereocenters. The maximum Gasteiger partial charge on any atom is 0.238 e. The Morgan fingerprint density at radius 1 is 1.17 bits per heavy atom. The summed E-state index contributed by atoms with van der Waals surface area (Å²) in [6.45, 7) is 2.90. The van der Waals surface area contributed by atoms with Gasteiger partial charge in [0.1, 0.15) is 0 Å². The topological polar surface area (TPSA) is 90.7 Å². The van der Waals surface area contributed by atoms with Crippen LogP contribution >= 0.6 is 15.9 Å². The summed E-state index contributed by atoms with van der Waals surface area (Å²) < 4.78 is 34.5. The number of primary sulfonamides is 1. The molecule has 2 aromatic rings. The van der Waals surface area contributed by atoms with Crippen molar-refractivity contribution in [1.29, 1.82) is 0 Å². The van der Waals surface area contributed by atoms with Crippen molar-refractivity contribution in [2.45, 2.75) is 18.4 Å². The van der Waals surface area contributed by atoms with Crippen LogP contribution in [0.4, 0.5) is 5.69 Å². The Morgan fingerprint density at radius 2 is 1.83 bits per heavy atom. The van der Waals surface area contributed by atoms with Crippen molar-refractivity contribution in [3.63, 3.8) is 0 Å². The Kier molecular flexibility index (Phi) is 6.09. The monoisotopic (exact) mass is 414 g/mol. The summed E-state index contributed by atoms with van der Waals surface area (Å²) in [5, 5.41) is 8.32. The maximum absolute atomic E-state index is 11.3. The number of methoxy groups -OCH3 is 1. The molecule has 8 heteroatoms. The molecule has 0 bridgehead atoms. The lowest BCUT2D eigenvalue weighted by Gasteiger charge is -2.16. The molecule has 0 aliphatic heterocycles. The molecule has 0 saturated carbocycles. The average molecular weight is 415 g/mol. The first kappa shape index (κ1) is 18.6. The lowest BCUT2D eigenvalue weighted by molar-refractivity contribution is 0.307. The summed E-state index contributed by atoms with van der Waals surface area (Å²) in [4.78, 5) is 0.0746. The van der Waals surface area contributed by atoms with Gasteiger partial charge in [0.25, 0.3) is 0 Å². The van der Waals surface area contributed by atoms with Gasteiger partial charge in [0.15, 0.2) is 11.5 Å². The van der Waals surface area contributed by atoms with Crippen LogP contribution in [0, 0.1) is 0 Å². The van der Waals surface area contributed by atoms with Crippen LogP contribution in [0.3, 0.4) is 0 Å². The number of nitrogens with one attached hydrogen (secondary N) is 1. The molecular formula is C16H19BrN2O4S. The summed E-state index contributed by atoms with van der Waals surface area (Å²) in [6, 6.07) is 9.97. The van der Waals surface area contributed by atoms with Gasteiger partial charge in [0, 0.05) is 22.3 Å². The highest BCUT2D eigenvalue weighted by Gasteiger charge is 2.14. The summed E-state index contributed by atoms with van der Waals surface area (Å²) >= 11 is 3.52. The van der Waals surface area contributed by atoms with E-state index in [0.29, 0.717) is 24.7 Å². The average Bonchev–Trinajstić information content (AvgIpc) is 2.54. The second kappa shape index (κ2) is 7.87. The summed E-state index contributed by atoms with van der Waals surface area (Å²) in [5.74, 6) is 1.32. The van der Waals surface area contributed by atoms with Crippen LogP contribution in [0.2, 0.25) is 0 Å². The van der Waals surface area contributed by atoms with Gasteiger partial charge in [-0.1, -0.05) is 15.9 Å². The van der Waals surface area contributed by atoms with Crippen LogP contribution in [-0.2, 0) is 16.6 Å². The van der Waals surface area contributed by atoms with Crippen LogP contribution in [-0.4, -0.2) is 22.1 Å². The Bertz CT molecular complexity index is 808. The highest BCUT2D eigenvalue weighted by atomic mass is 79.9. The maximum atomic E-state index is 11.3. The quantitative estimate of drug-likeness (QED) is 0.725. The van der Waals surface area contributed by atoms with Gasteiger partial charge in [-0.05, 0) is 43.3 Å². The van der Waals surface area contributed by atoms with Gasteiger partial charge in [-0.2, -0.15) is 0 Å². The number of rotatable bonds is 7. The Hall–Kier alpha value is -1.77. The highest BCUT2D eigenvalue weighted by Crippen LogP contribution is 2.36. The molecule has 0 aromatic heterocycles. The summed E-state index contributed by atoms with van der Waals surface area (Å²) in [6.07, 6.45) is 0. The van der Waals surface area contributed by atoms with E-state index in [1.807, 2.05) is 19.1 Å². The van der Waals surface area contributed by atoms with Crippen LogP contribution in [0.5, 0.6) is 11.5 Å². The normalized spacial score (nSPS) is 11.2. The molecular weight excluding hydrogens is 396 g/mol. The molecule has 2 rings (SSSR count). The van der Waals surface area contributed by atoms with Crippen LogP contribution in [0.25, 0.3) is 0 Å². The fourth-order valence-corrected chi connectivity index (χ4v) is 3.13. The van der Waals surface area contributed by atoms with Crippen molar-refractivity contribution in [3.8, 4) is 11.5 Å². The van der Waals surface area contributed by atoms with E-state index in [2.05, 4.69) is 21.2 Å². The number of anilines is 1. The smallest absolute Gasteiger partial charge is 0.238 e. The fraction of sp³-hybridized carbons (Fsp3) is 0.250. The summed E-state index contributed by atoms with van der Waals surface area (Å²) in [5.41, 5.74) is 1.67. The molecule has 0 aliphatic rings. The molecule has 0 spiro atoms. The van der Waals surface area contributed by atoms with Gasteiger partial charge in [-0.15, -0.1) is 0 Å². The van der Waals surface area contributed by atoms with Gasteiger partial charge in [0.2, 0.25) is 10.0 Å². The van der Waals surface area contributed by atoms with Crippen molar-refractivity contribution in [2.75, 3.05) is 19.0 Å². The van der Waals surface area contributed by atoms with Gasteiger partial charge in [0.05, 0.1) is 18.6 Å². The second-order valence-electron chi connectivity index (χ2n) is 4.91. The van der Waals surface area contributed by atoms with E-state index < -0.39 is 10.0 Å². The van der Waals surface area contributed by atoms with Crippen molar-refractivity contribution < 1.29 is 17.9 Å². The van der Waals surface area contributed by atoms with Crippen LogP contribution in [0.1, 0.15) is 12.5 Å². The van der Waals surface area contributed by atoms with E-state index in [4.69, 9.17) is 14.6 Å². The van der Waals surface area contributed by atoms with Crippen molar-refractivity contribution in [2.24, 2.45) is 5.14 Å². The van der Waals surface area contributed by atoms with Crippen molar-refractivity contribution in [1.82, 2.24) is 0 Å². The molecule has 0 radical (unpaired) electrons. The number of benzene rings is 2. The zero-order valence-corrected chi connectivity index (χ0v) is 15.8. The third kappa shape index (κ3) is 4.40. The lowest BCUT2D eigenvalue weighted by Crippen LogP contribution is -2.12. The van der Waals surface area contributed by atoms with E-state index in [-0.39, 0.29) is 4.90 Å². The van der Waals surface area contributed by atoms with Crippen molar-refractivity contribution in [3.05, 3.63) is 46.4 Å². The van der Waals surface area contributed by atoms with E-state index in [0.717, 1.165) is 15.7 Å². The molecule has 0 heterocycles. The predicted molar refractivity (Wildman–Crippen MR) is 97.0 cm³/mol. The molecule has 0 atom stereocenters. The Morgan fingerprint density at radius 3 is 2.38 bits per heavy atom. The lowest BCUT2D eigenvalue weighted by atomic mass is 10.1. The van der Waals surface area contributed by atoms with Crippen molar-refractivity contribution >= 4 is 31.6 Å². The van der Waals surface area contributed by atoms with E-state index in [1.165, 1.54) is 12.1 Å². The molecule has 2 aromatic carbocycles. The number of ether oxygens (including phenoxy) is 2. The molecule has 24 heavy (non-hydrogen) atoms. The SMILES string of the molecule is CCOc1c(OC)ccc(Br)c1CNc1ccc(S(N)(=O)=O)cc1. The van der Waals surface area contributed by atoms with Crippen LogP contribution in [0.15, 0.2) is 45.8 Å². The van der Waals surface area contributed by atoms with Gasteiger partial charge in [-0.3, -0.25) is 0 Å². The van der Waals surface area contributed by atoms with E-state index in [9.17, 15) is 8.42 Å². The van der Waals surface area contributed by atoms with Gasteiger partial charge in [-0.25, -0.2) is 13.6 Å². The van der Waals surface area contributed by atoms with Gasteiger partial charge >= 0.3 is 0 Å². The Labute approximate surface area is 150 Å². The first-order valence-corrected chi connectivity index (χ1v) is 9.55. The molecule has 3 N–H and O–H groups in total. The third-order valence-corrected chi connectivity index (χ3v) is 5.00. The molecule has 6 nitrogen and oxygen atoms in total. The minimum Gasteiger partial charge on any atom is -0.493 e. The van der Waals surface area contributed by atoms with E-state index in [1.54, 1.807) is 19.2 Å². The minimum atomic E-state index is -3.69. The van der Waals surface area contributed by atoms with Crippen LogP contribution < -0.4 is 19.9 Å². The minimum absolute atomic E-state index is 0.0746. The largest absolute Gasteiger partial charge is 0.493 e. The predicted octanol–water partition coefficient (Wildman–Crippen LogP) is 3.12.